The molecule has 0 N–H and O–H groups in total. The van der Waals surface area contributed by atoms with Gasteiger partial charge in [0.2, 0.25) is 0 Å². The van der Waals surface area contributed by atoms with Crippen LogP contribution in [0.4, 0.5) is 0 Å². The lowest BCUT2D eigenvalue weighted by Gasteiger charge is -2.32. The third kappa shape index (κ3) is 3.72. The van der Waals surface area contributed by atoms with Gasteiger partial charge in [0.05, 0.1) is 7.11 Å². The average molecular weight is 288 g/mol. The molecule has 21 heavy (non-hydrogen) atoms. The van der Waals surface area contributed by atoms with Crippen molar-refractivity contribution in [3.63, 3.8) is 0 Å². The molecule has 0 radical (unpaired) electrons. The number of hydrogen-bond acceptors (Lipinski definition) is 4. The van der Waals surface area contributed by atoms with Gasteiger partial charge in [-0.05, 0) is 24.8 Å². The first kappa shape index (κ1) is 15.3. The number of esters is 2. The highest BCUT2D eigenvalue weighted by molar-refractivity contribution is 5.95. The van der Waals surface area contributed by atoms with Crippen LogP contribution < -0.4 is 0 Å². The molecule has 4 heteroatoms. The molecule has 1 aliphatic rings. The van der Waals surface area contributed by atoms with E-state index in [1.165, 1.54) is 12.7 Å². The molecule has 0 amide bonds. The molecule has 0 saturated carbocycles. The highest BCUT2D eigenvalue weighted by Gasteiger charge is 2.40. The number of carbonyl (C=O) groups excluding carboxylic acids is 2. The lowest BCUT2D eigenvalue weighted by atomic mass is 9.85. The van der Waals surface area contributed by atoms with Gasteiger partial charge in [-0.1, -0.05) is 36.4 Å². The van der Waals surface area contributed by atoms with E-state index in [1.54, 1.807) is 6.08 Å². The molecule has 1 aliphatic heterocycles. The van der Waals surface area contributed by atoms with Crippen LogP contribution in [0.1, 0.15) is 18.4 Å². The molecule has 112 valence electrons. The summed E-state index contributed by atoms with van der Waals surface area (Å²) in [5.74, 6) is -1.87. The molecule has 0 bridgehead atoms. The van der Waals surface area contributed by atoms with Gasteiger partial charge in [-0.25, -0.2) is 0 Å². The molecule has 0 aliphatic carbocycles. The van der Waals surface area contributed by atoms with Crippen LogP contribution >= 0.6 is 0 Å². The predicted molar refractivity (Wildman–Crippen MR) is 78.5 cm³/mol. The third-order valence-electron chi connectivity index (χ3n) is 3.89. The van der Waals surface area contributed by atoms with E-state index in [1.807, 2.05) is 30.3 Å². The smallest absolute Gasteiger partial charge is 0.320 e. The largest absolute Gasteiger partial charge is 0.468 e. The molecule has 1 fully saturated rings. The van der Waals surface area contributed by atoms with Gasteiger partial charge in [-0.2, -0.15) is 0 Å². The minimum Gasteiger partial charge on any atom is -0.468 e. The van der Waals surface area contributed by atoms with Crippen molar-refractivity contribution in [2.45, 2.75) is 25.4 Å². The Hall–Kier alpha value is -2.10. The van der Waals surface area contributed by atoms with Crippen molar-refractivity contribution >= 4 is 11.9 Å². The number of benzene rings is 1. The Morgan fingerprint density at radius 3 is 2.76 bits per heavy atom. The van der Waals surface area contributed by atoms with E-state index >= 15 is 0 Å². The fraction of sp³-hybridized carbons (Fsp3) is 0.412. The van der Waals surface area contributed by atoms with Crippen LogP contribution in [0.5, 0.6) is 0 Å². The quantitative estimate of drug-likeness (QED) is 0.474. The van der Waals surface area contributed by atoms with E-state index in [9.17, 15) is 9.59 Å². The zero-order chi connectivity index (χ0) is 15.2. The fourth-order valence-electron chi connectivity index (χ4n) is 2.65. The van der Waals surface area contributed by atoms with Crippen molar-refractivity contribution in [3.05, 3.63) is 48.6 Å². The topological polar surface area (TPSA) is 52.6 Å². The minimum atomic E-state index is -0.828. The van der Waals surface area contributed by atoms with Crippen LogP contribution in [0, 0.1) is 11.8 Å². The van der Waals surface area contributed by atoms with Crippen LogP contribution in [0.2, 0.25) is 0 Å². The number of rotatable bonds is 5. The van der Waals surface area contributed by atoms with Crippen LogP contribution in [-0.4, -0.2) is 25.2 Å². The van der Waals surface area contributed by atoms with Gasteiger partial charge >= 0.3 is 11.9 Å². The van der Waals surface area contributed by atoms with E-state index in [4.69, 9.17) is 4.74 Å². The molecular weight excluding hydrogens is 268 g/mol. The molecule has 1 aromatic carbocycles. The van der Waals surface area contributed by atoms with Crippen molar-refractivity contribution in [2.75, 3.05) is 7.11 Å². The normalized spacial score (nSPS) is 25.0. The van der Waals surface area contributed by atoms with Crippen LogP contribution in [0.3, 0.4) is 0 Å². The molecule has 0 spiro atoms. The highest BCUT2D eigenvalue weighted by atomic mass is 16.6. The summed E-state index contributed by atoms with van der Waals surface area (Å²) < 4.78 is 10.1. The van der Waals surface area contributed by atoms with Gasteiger partial charge in [0.25, 0.3) is 0 Å². The number of hydrogen-bond donors (Lipinski definition) is 0. The molecule has 2 rings (SSSR count). The van der Waals surface area contributed by atoms with Gasteiger partial charge in [0, 0.05) is 5.92 Å². The molecule has 1 unspecified atom stereocenters. The summed E-state index contributed by atoms with van der Waals surface area (Å²) in [6.45, 7) is 3.79. The average Bonchev–Trinajstić information content (AvgIpc) is 2.53. The van der Waals surface area contributed by atoms with E-state index in [-0.39, 0.29) is 12.0 Å². The summed E-state index contributed by atoms with van der Waals surface area (Å²) in [6.07, 6.45) is 3.50. The minimum absolute atomic E-state index is 0.0180. The predicted octanol–water partition coefficient (Wildman–Crippen LogP) is 2.53. The van der Waals surface area contributed by atoms with Gasteiger partial charge in [0.1, 0.15) is 6.10 Å². The number of ether oxygens (including phenoxy) is 2. The summed E-state index contributed by atoms with van der Waals surface area (Å²) in [7, 11) is 1.28. The maximum Gasteiger partial charge on any atom is 0.320 e. The standard InChI is InChI=1S/C17H20O4/c1-3-13-11-14(16(18)20-2)17(19)21-15(13)10-9-12-7-5-4-6-8-12/h3-8,13-15H,1,9-11H2,2H3/t13-,14?,15+/m0/s1. The van der Waals surface area contributed by atoms with E-state index < -0.39 is 17.9 Å². The van der Waals surface area contributed by atoms with Crippen molar-refractivity contribution < 1.29 is 19.1 Å². The lowest BCUT2D eigenvalue weighted by Crippen LogP contribution is -2.41. The van der Waals surface area contributed by atoms with Crippen LogP contribution in [-0.2, 0) is 25.5 Å². The second-order valence-corrected chi connectivity index (χ2v) is 5.21. The summed E-state index contributed by atoms with van der Waals surface area (Å²) in [5.41, 5.74) is 1.20. The van der Waals surface area contributed by atoms with Crippen LogP contribution in [0.25, 0.3) is 0 Å². The van der Waals surface area contributed by atoms with Crippen molar-refractivity contribution in [2.24, 2.45) is 11.8 Å². The van der Waals surface area contributed by atoms with E-state index in [0.717, 1.165) is 12.8 Å². The molecular formula is C17H20O4. The molecule has 0 aromatic heterocycles. The highest BCUT2D eigenvalue weighted by Crippen LogP contribution is 2.30. The second kappa shape index (κ2) is 7.07. The Balaban J connectivity index is 1.99. The number of aryl methyl sites for hydroxylation is 1. The summed E-state index contributed by atoms with van der Waals surface area (Å²) in [6, 6.07) is 10.0. The van der Waals surface area contributed by atoms with Crippen molar-refractivity contribution in [1.82, 2.24) is 0 Å². The second-order valence-electron chi connectivity index (χ2n) is 5.21. The Morgan fingerprint density at radius 2 is 2.14 bits per heavy atom. The molecule has 1 saturated heterocycles. The third-order valence-corrected chi connectivity index (χ3v) is 3.89. The summed E-state index contributed by atoms with van der Waals surface area (Å²) >= 11 is 0. The lowest BCUT2D eigenvalue weighted by molar-refractivity contribution is -0.173. The maximum atomic E-state index is 11.9. The first-order valence-electron chi connectivity index (χ1n) is 7.10. The zero-order valence-electron chi connectivity index (χ0n) is 12.2. The summed E-state index contributed by atoms with van der Waals surface area (Å²) in [5, 5.41) is 0. The fourth-order valence-corrected chi connectivity index (χ4v) is 2.65. The number of carbonyl (C=O) groups is 2. The first-order valence-corrected chi connectivity index (χ1v) is 7.10. The van der Waals surface area contributed by atoms with Crippen molar-refractivity contribution in [3.8, 4) is 0 Å². The number of methoxy groups -OCH3 is 1. The van der Waals surface area contributed by atoms with Crippen LogP contribution in [0.15, 0.2) is 43.0 Å². The van der Waals surface area contributed by atoms with E-state index in [2.05, 4.69) is 11.3 Å². The first-order chi connectivity index (χ1) is 10.2. The Labute approximate surface area is 124 Å². The summed E-state index contributed by atoms with van der Waals surface area (Å²) in [4.78, 5) is 23.5. The molecule has 1 aromatic rings. The van der Waals surface area contributed by atoms with Gasteiger partial charge in [-0.15, -0.1) is 6.58 Å². The maximum absolute atomic E-state index is 11.9. The Bertz CT molecular complexity index is 509. The van der Waals surface area contributed by atoms with E-state index in [0.29, 0.717) is 6.42 Å². The molecule has 1 heterocycles. The Kier molecular flexibility index (Phi) is 5.14. The molecule has 3 atom stereocenters. The van der Waals surface area contributed by atoms with Gasteiger partial charge in [0.15, 0.2) is 5.92 Å². The Morgan fingerprint density at radius 1 is 1.43 bits per heavy atom. The molecule has 4 nitrogen and oxygen atoms in total. The van der Waals surface area contributed by atoms with Crippen molar-refractivity contribution in [1.29, 1.82) is 0 Å². The van der Waals surface area contributed by atoms with Gasteiger partial charge in [-0.3, -0.25) is 9.59 Å². The number of cyclic esters (lactones) is 1. The monoisotopic (exact) mass is 288 g/mol. The SMILES string of the molecule is C=C[C@H]1CC(C(=O)OC)C(=O)O[C@@H]1CCc1ccccc1. The van der Waals surface area contributed by atoms with Gasteiger partial charge < -0.3 is 9.47 Å². The zero-order valence-corrected chi connectivity index (χ0v) is 12.2.